The van der Waals surface area contributed by atoms with Gasteiger partial charge in [-0.25, -0.2) is 4.79 Å². The van der Waals surface area contributed by atoms with Gasteiger partial charge in [0.25, 0.3) is 11.8 Å². The lowest BCUT2D eigenvalue weighted by Gasteiger charge is -2.11. The minimum absolute atomic E-state index is 0.0631. The van der Waals surface area contributed by atoms with Crippen LogP contribution in [0.5, 0.6) is 5.75 Å². The van der Waals surface area contributed by atoms with E-state index in [-0.39, 0.29) is 17.7 Å². The van der Waals surface area contributed by atoms with Gasteiger partial charge in [-0.05, 0) is 46.3 Å². The van der Waals surface area contributed by atoms with Gasteiger partial charge in [0.15, 0.2) is 6.61 Å². The first-order valence-corrected chi connectivity index (χ1v) is 8.46. The lowest BCUT2D eigenvalue weighted by atomic mass is 10.1. The highest BCUT2D eigenvalue weighted by molar-refractivity contribution is 9.11. The number of aromatic carboxylic acids is 1. The molecule has 0 aliphatic heterocycles. The second-order valence-electron chi connectivity index (χ2n) is 4.72. The maximum atomic E-state index is 12.0. The van der Waals surface area contributed by atoms with Crippen LogP contribution in [-0.2, 0) is 4.79 Å². The summed E-state index contributed by atoms with van der Waals surface area (Å²) in [4.78, 5) is 34.8. The number of rotatable bonds is 5. The Bertz CT molecular complexity index is 826. The molecule has 25 heavy (non-hydrogen) atoms. The Labute approximate surface area is 159 Å². The third kappa shape index (κ3) is 5.30. The molecule has 7 nitrogen and oxygen atoms in total. The van der Waals surface area contributed by atoms with Gasteiger partial charge in [-0.2, -0.15) is 0 Å². The van der Waals surface area contributed by atoms with Crippen LogP contribution in [0.25, 0.3) is 0 Å². The minimum Gasteiger partial charge on any atom is -0.483 e. The van der Waals surface area contributed by atoms with E-state index in [1.165, 1.54) is 24.3 Å². The van der Waals surface area contributed by atoms with E-state index >= 15 is 0 Å². The summed E-state index contributed by atoms with van der Waals surface area (Å²) in [6.07, 6.45) is 0. The average Bonchev–Trinajstić information content (AvgIpc) is 2.58. The van der Waals surface area contributed by atoms with E-state index in [1.54, 1.807) is 18.2 Å². The van der Waals surface area contributed by atoms with Crippen molar-refractivity contribution < 1.29 is 24.2 Å². The van der Waals surface area contributed by atoms with Crippen LogP contribution in [0.15, 0.2) is 51.4 Å². The maximum absolute atomic E-state index is 12.0. The molecule has 0 unspecified atom stereocenters. The van der Waals surface area contributed by atoms with Crippen molar-refractivity contribution in [1.29, 1.82) is 0 Å². The van der Waals surface area contributed by atoms with E-state index < -0.39 is 17.8 Å². The summed E-state index contributed by atoms with van der Waals surface area (Å²) < 4.78 is 6.84. The van der Waals surface area contributed by atoms with Gasteiger partial charge in [0, 0.05) is 4.47 Å². The smallest absolute Gasteiger partial charge is 0.336 e. The van der Waals surface area contributed by atoms with Gasteiger partial charge >= 0.3 is 5.97 Å². The fourth-order valence-electron chi connectivity index (χ4n) is 1.83. The van der Waals surface area contributed by atoms with Crippen molar-refractivity contribution in [3.63, 3.8) is 0 Å². The van der Waals surface area contributed by atoms with Gasteiger partial charge in [-0.3, -0.25) is 20.4 Å². The molecule has 0 atom stereocenters. The Morgan fingerprint density at radius 1 is 1.00 bits per heavy atom. The molecule has 2 aromatic rings. The number of benzene rings is 2. The molecule has 2 amide bonds. The van der Waals surface area contributed by atoms with Crippen LogP contribution in [-0.4, -0.2) is 29.5 Å². The first-order valence-electron chi connectivity index (χ1n) is 6.88. The van der Waals surface area contributed by atoms with Gasteiger partial charge in [-0.1, -0.05) is 28.1 Å². The van der Waals surface area contributed by atoms with Gasteiger partial charge in [0.1, 0.15) is 5.75 Å². The molecule has 3 N–H and O–H groups in total. The number of hydrazine groups is 1. The van der Waals surface area contributed by atoms with E-state index in [9.17, 15) is 14.4 Å². The summed E-state index contributed by atoms with van der Waals surface area (Å²) in [5.41, 5.74) is 4.09. The van der Waals surface area contributed by atoms with Gasteiger partial charge in [0.05, 0.1) is 15.6 Å². The Morgan fingerprint density at radius 2 is 1.68 bits per heavy atom. The van der Waals surface area contributed by atoms with Crippen LogP contribution in [0, 0.1) is 0 Å². The van der Waals surface area contributed by atoms with Crippen LogP contribution in [0.1, 0.15) is 20.7 Å². The standard InChI is InChI=1S/C16H12Br2N2O5/c17-9-5-6-13(12(18)7-9)25-8-14(21)19-20-15(22)10-3-1-2-4-11(10)16(23)24/h1-7H,8H2,(H,19,21)(H,20,22)(H,23,24). The van der Waals surface area contributed by atoms with E-state index in [1.807, 2.05) is 0 Å². The Hall–Kier alpha value is -2.39. The molecule has 0 heterocycles. The molecule has 0 aromatic heterocycles. The Morgan fingerprint density at radius 3 is 2.32 bits per heavy atom. The van der Waals surface area contributed by atoms with E-state index in [0.29, 0.717) is 10.2 Å². The first kappa shape index (κ1) is 18.9. The highest BCUT2D eigenvalue weighted by Crippen LogP contribution is 2.28. The summed E-state index contributed by atoms with van der Waals surface area (Å²) in [7, 11) is 0. The molecule has 0 aliphatic rings. The summed E-state index contributed by atoms with van der Waals surface area (Å²) in [6.45, 7) is -0.332. The third-order valence-electron chi connectivity index (χ3n) is 2.97. The Balaban J connectivity index is 1.90. The minimum atomic E-state index is -1.24. The zero-order chi connectivity index (χ0) is 18.4. The van der Waals surface area contributed by atoms with Crippen molar-refractivity contribution >= 4 is 49.6 Å². The van der Waals surface area contributed by atoms with E-state index in [0.717, 1.165) is 4.47 Å². The van der Waals surface area contributed by atoms with Crippen LogP contribution in [0.3, 0.4) is 0 Å². The normalized spacial score (nSPS) is 10.0. The second-order valence-corrected chi connectivity index (χ2v) is 6.49. The van der Waals surface area contributed by atoms with Gasteiger partial charge < -0.3 is 9.84 Å². The van der Waals surface area contributed by atoms with Crippen LogP contribution >= 0.6 is 31.9 Å². The van der Waals surface area contributed by atoms with Crippen molar-refractivity contribution in [3.8, 4) is 5.75 Å². The number of carboxylic acid groups (broad SMARTS) is 1. The quantitative estimate of drug-likeness (QED) is 0.581. The zero-order valence-corrected chi connectivity index (χ0v) is 15.8. The third-order valence-corrected chi connectivity index (χ3v) is 4.08. The summed E-state index contributed by atoms with van der Waals surface area (Å²) in [6, 6.07) is 10.9. The number of ether oxygens (including phenoxy) is 1. The predicted octanol–water partition coefficient (Wildman–Crippen LogP) is 2.75. The second kappa shape index (κ2) is 8.63. The first-order chi connectivity index (χ1) is 11.9. The molecule has 0 fully saturated rings. The molecule has 0 radical (unpaired) electrons. The molecule has 0 saturated heterocycles. The summed E-state index contributed by atoms with van der Waals surface area (Å²) >= 11 is 6.60. The Kier molecular flexibility index (Phi) is 6.54. The predicted molar refractivity (Wildman–Crippen MR) is 96.3 cm³/mol. The SMILES string of the molecule is O=C(COc1ccc(Br)cc1Br)NNC(=O)c1ccccc1C(=O)O. The molecule has 9 heteroatoms. The maximum Gasteiger partial charge on any atom is 0.336 e. The molecular formula is C16H12Br2N2O5. The molecule has 0 bridgehead atoms. The van der Waals surface area contributed by atoms with Crippen LogP contribution in [0.2, 0.25) is 0 Å². The molecule has 0 spiro atoms. The van der Waals surface area contributed by atoms with Crippen molar-refractivity contribution in [2.24, 2.45) is 0 Å². The molecule has 2 rings (SSSR count). The van der Waals surface area contributed by atoms with Crippen molar-refractivity contribution in [2.75, 3.05) is 6.61 Å². The zero-order valence-electron chi connectivity index (χ0n) is 12.6. The fraction of sp³-hybridized carbons (Fsp3) is 0.0625. The number of amides is 2. The van der Waals surface area contributed by atoms with E-state index in [2.05, 4.69) is 42.7 Å². The number of carbonyl (C=O) groups is 3. The topological polar surface area (TPSA) is 105 Å². The molecule has 130 valence electrons. The molecule has 2 aromatic carbocycles. The summed E-state index contributed by atoms with van der Waals surface area (Å²) in [5, 5.41) is 9.05. The number of hydrogen-bond donors (Lipinski definition) is 3. The van der Waals surface area contributed by atoms with Gasteiger partial charge in [-0.15, -0.1) is 0 Å². The van der Waals surface area contributed by atoms with E-state index in [4.69, 9.17) is 9.84 Å². The highest BCUT2D eigenvalue weighted by atomic mass is 79.9. The molecule has 0 saturated carbocycles. The number of hydrogen-bond acceptors (Lipinski definition) is 4. The van der Waals surface area contributed by atoms with Crippen molar-refractivity contribution in [2.45, 2.75) is 0 Å². The monoisotopic (exact) mass is 470 g/mol. The fourth-order valence-corrected chi connectivity index (χ4v) is 2.99. The average molecular weight is 472 g/mol. The molecule has 0 aliphatic carbocycles. The van der Waals surface area contributed by atoms with Gasteiger partial charge in [0.2, 0.25) is 0 Å². The lowest BCUT2D eigenvalue weighted by molar-refractivity contribution is -0.123. The highest BCUT2D eigenvalue weighted by Gasteiger charge is 2.16. The number of carboxylic acids is 1. The van der Waals surface area contributed by atoms with Crippen molar-refractivity contribution in [3.05, 3.63) is 62.5 Å². The summed E-state index contributed by atoms with van der Waals surface area (Å²) in [5.74, 6) is -2.12. The number of carbonyl (C=O) groups excluding carboxylic acids is 2. The largest absolute Gasteiger partial charge is 0.483 e. The lowest BCUT2D eigenvalue weighted by Crippen LogP contribution is -2.44. The van der Waals surface area contributed by atoms with Crippen molar-refractivity contribution in [1.82, 2.24) is 10.9 Å². The number of halogens is 2. The van der Waals surface area contributed by atoms with Crippen LogP contribution in [0.4, 0.5) is 0 Å². The van der Waals surface area contributed by atoms with Crippen LogP contribution < -0.4 is 15.6 Å². The molecular weight excluding hydrogens is 460 g/mol. The number of nitrogens with one attached hydrogen (secondary N) is 2.